The SMILES string of the molecule is Cc1cc2c(ncn2Cc2ccc(Cl)cc2)c(NCC(C)C)c1C. The third kappa shape index (κ3) is 3.41. The summed E-state index contributed by atoms with van der Waals surface area (Å²) < 4.78 is 2.20. The van der Waals surface area contributed by atoms with E-state index in [1.54, 1.807) is 0 Å². The van der Waals surface area contributed by atoms with Gasteiger partial charge in [-0.3, -0.25) is 0 Å². The van der Waals surface area contributed by atoms with Crippen LogP contribution in [0.4, 0.5) is 5.69 Å². The van der Waals surface area contributed by atoms with Crippen molar-refractivity contribution in [2.24, 2.45) is 5.92 Å². The molecule has 0 aliphatic heterocycles. The number of fused-ring (bicyclic) bond motifs is 1. The second kappa shape index (κ2) is 6.86. The largest absolute Gasteiger partial charge is 0.383 e. The van der Waals surface area contributed by atoms with E-state index in [9.17, 15) is 0 Å². The van der Waals surface area contributed by atoms with Crippen molar-refractivity contribution in [1.82, 2.24) is 9.55 Å². The number of halogens is 1. The Bertz CT molecular complexity index is 847. The molecule has 2 aromatic carbocycles. The van der Waals surface area contributed by atoms with Crippen molar-refractivity contribution < 1.29 is 0 Å². The molecule has 0 atom stereocenters. The fraction of sp³-hybridized carbons (Fsp3) is 0.350. The third-order valence-corrected chi connectivity index (χ3v) is 4.64. The van der Waals surface area contributed by atoms with Crippen LogP contribution in [0.2, 0.25) is 5.02 Å². The zero-order chi connectivity index (χ0) is 17.3. The number of anilines is 1. The first-order chi connectivity index (χ1) is 11.5. The highest BCUT2D eigenvalue weighted by atomic mass is 35.5. The standard InChI is InChI=1S/C20H24ClN3/c1-13(2)10-22-19-15(4)14(3)9-18-20(19)23-12-24(18)11-16-5-7-17(21)8-6-16/h5-9,12-13,22H,10-11H2,1-4H3. The lowest BCUT2D eigenvalue weighted by molar-refractivity contribution is 0.689. The number of nitrogens with one attached hydrogen (secondary N) is 1. The van der Waals surface area contributed by atoms with Gasteiger partial charge in [-0.15, -0.1) is 0 Å². The van der Waals surface area contributed by atoms with Gasteiger partial charge < -0.3 is 9.88 Å². The smallest absolute Gasteiger partial charge is 0.112 e. The number of nitrogens with zero attached hydrogens (tertiary/aromatic N) is 2. The maximum Gasteiger partial charge on any atom is 0.112 e. The summed E-state index contributed by atoms with van der Waals surface area (Å²) in [4.78, 5) is 4.69. The monoisotopic (exact) mass is 341 g/mol. The Morgan fingerprint density at radius 2 is 1.88 bits per heavy atom. The molecule has 3 aromatic rings. The van der Waals surface area contributed by atoms with Crippen molar-refractivity contribution in [2.75, 3.05) is 11.9 Å². The molecule has 1 heterocycles. The minimum absolute atomic E-state index is 0.594. The average molecular weight is 342 g/mol. The van der Waals surface area contributed by atoms with Gasteiger partial charge in [0.05, 0.1) is 17.5 Å². The highest BCUT2D eigenvalue weighted by Crippen LogP contribution is 2.29. The summed E-state index contributed by atoms with van der Waals surface area (Å²) in [5.74, 6) is 0.594. The Balaban J connectivity index is 2.00. The number of imidazole rings is 1. The predicted molar refractivity (Wildman–Crippen MR) is 103 cm³/mol. The fourth-order valence-electron chi connectivity index (χ4n) is 2.86. The minimum atomic E-state index is 0.594. The third-order valence-electron chi connectivity index (χ3n) is 4.39. The highest BCUT2D eigenvalue weighted by Gasteiger charge is 2.13. The first-order valence-corrected chi connectivity index (χ1v) is 8.77. The van der Waals surface area contributed by atoms with E-state index in [4.69, 9.17) is 11.6 Å². The van der Waals surface area contributed by atoms with Gasteiger partial charge in [-0.25, -0.2) is 4.98 Å². The molecular weight excluding hydrogens is 318 g/mol. The molecule has 3 nitrogen and oxygen atoms in total. The summed E-state index contributed by atoms with van der Waals surface area (Å²) in [5.41, 5.74) is 7.15. The first-order valence-electron chi connectivity index (χ1n) is 8.39. The number of aromatic nitrogens is 2. The van der Waals surface area contributed by atoms with Gasteiger partial charge in [0.15, 0.2) is 0 Å². The van der Waals surface area contributed by atoms with Crippen LogP contribution in [0.15, 0.2) is 36.7 Å². The molecule has 4 heteroatoms. The van der Waals surface area contributed by atoms with E-state index in [-0.39, 0.29) is 0 Å². The van der Waals surface area contributed by atoms with E-state index in [2.05, 4.69) is 60.8 Å². The lowest BCUT2D eigenvalue weighted by Crippen LogP contribution is -2.10. The second-order valence-corrected chi connectivity index (χ2v) is 7.27. The summed E-state index contributed by atoms with van der Waals surface area (Å²) in [6, 6.07) is 10.2. The Hall–Kier alpha value is -2.00. The molecule has 0 aliphatic carbocycles. The number of rotatable bonds is 5. The summed E-state index contributed by atoms with van der Waals surface area (Å²) >= 11 is 5.98. The maximum absolute atomic E-state index is 5.98. The molecule has 0 fully saturated rings. The second-order valence-electron chi connectivity index (χ2n) is 6.83. The zero-order valence-corrected chi connectivity index (χ0v) is 15.5. The highest BCUT2D eigenvalue weighted by molar-refractivity contribution is 6.30. The molecule has 0 unspecified atom stereocenters. The molecule has 0 bridgehead atoms. The quantitative estimate of drug-likeness (QED) is 0.671. The molecule has 24 heavy (non-hydrogen) atoms. The van der Waals surface area contributed by atoms with Gasteiger partial charge in [0.2, 0.25) is 0 Å². The molecule has 126 valence electrons. The van der Waals surface area contributed by atoms with E-state index in [1.807, 2.05) is 18.5 Å². The number of benzene rings is 2. The van der Waals surface area contributed by atoms with Crippen LogP contribution in [0.3, 0.4) is 0 Å². The minimum Gasteiger partial charge on any atom is -0.383 e. The van der Waals surface area contributed by atoms with E-state index in [0.717, 1.165) is 29.3 Å². The molecule has 0 radical (unpaired) electrons. The Kier molecular flexibility index (Phi) is 4.81. The molecule has 0 aliphatic rings. The van der Waals surface area contributed by atoms with Crippen LogP contribution >= 0.6 is 11.6 Å². The topological polar surface area (TPSA) is 29.9 Å². The van der Waals surface area contributed by atoms with Gasteiger partial charge >= 0.3 is 0 Å². The van der Waals surface area contributed by atoms with Crippen molar-refractivity contribution in [2.45, 2.75) is 34.2 Å². The van der Waals surface area contributed by atoms with Crippen molar-refractivity contribution >= 4 is 28.3 Å². The molecule has 1 aromatic heterocycles. The first kappa shape index (κ1) is 16.8. The van der Waals surface area contributed by atoms with Crippen molar-refractivity contribution in [3.63, 3.8) is 0 Å². The lowest BCUT2D eigenvalue weighted by Gasteiger charge is -2.15. The van der Waals surface area contributed by atoms with Crippen LogP contribution in [0.25, 0.3) is 11.0 Å². The Morgan fingerprint density at radius 1 is 1.17 bits per heavy atom. The Labute approximate surface area is 148 Å². The van der Waals surface area contributed by atoms with Gasteiger partial charge in [-0.1, -0.05) is 37.6 Å². The Morgan fingerprint density at radius 3 is 2.54 bits per heavy atom. The van der Waals surface area contributed by atoms with Crippen molar-refractivity contribution in [1.29, 1.82) is 0 Å². The fourth-order valence-corrected chi connectivity index (χ4v) is 2.98. The lowest BCUT2D eigenvalue weighted by atomic mass is 10.1. The number of hydrogen-bond donors (Lipinski definition) is 1. The van der Waals surface area contributed by atoms with Gasteiger partial charge in [-0.2, -0.15) is 0 Å². The van der Waals surface area contributed by atoms with Crippen LogP contribution in [0.5, 0.6) is 0 Å². The van der Waals surface area contributed by atoms with Crippen molar-refractivity contribution in [3.05, 3.63) is 58.4 Å². The predicted octanol–water partition coefficient (Wildman–Crippen LogP) is 5.42. The zero-order valence-electron chi connectivity index (χ0n) is 14.7. The average Bonchev–Trinajstić information content (AvgIpc) is 2.92. The van der Waals surface area contributed by atoms with Crippen LogP contribution in [-0.2, 0) is 6.54 Å². The van der Waals surface area contributed by atoms with Crippen LogP contribution < -0.4 is 5.32 Å². The molecule has 0 spiro atoms. The molecule has 0 saturated carbocycles. The van der Waals surface area contributed by atoms with Gasteiger partial charge in [0, 0.05) is 18.1 Å². The van der Waals surface area contributed by atoms with E-state index >= 15 is 0 Å². The van der Waals surface area contributed by atoms with E-state index in [1.165, 1.54) is 22.2 Å². The number of hydrogen-bond acceptors (Lipinski definition) is 2. The van der Waals surface area contributed by atoms with Crippen LogP contribution in [0, 0.1) is 19.8 Å². The summed E-state index contributed by atoms with van der Waals surface area (Å²) in [6.07, 6.45) is 1.93. The van der Waals surface area contributed by atoms with E-state index < -0.39 is 0 Å². The molecule has 0 amide bonds. The summed E-state index contributed by atoms with van der Waals surface area (Å²) in [5, 5.41) is 4.35. The molecule has 0 saturated heterocycles. The molecular formula is C20H24ClN3. The van der Waals surface area contributed by atoms with Gasteiger partial charge in [-0.05, 0) is 54.7 Å². The van der Waals surface area contributed by atoms with Gasteiger partial charge in [0.1, 0.15) is 5.52 Å². The van der Waals surface area contributed by atoms with E-state index in [0.29, 0.717) is 5.92 Å². The normalized spacial score (nSPS) is 11.4. The summed E-state index contributed by atoms with van der Waals surface area (Å²) in [6.45, 7) is 10.5. The van der Waals surface area contributed by atoms with Crippen LogP contribution in [-0.4, -0.2) is 16.1 Å². The molecule has 1 N–H and O–H groups in total. The number of aryl methyl sites for hydroxylation is 1. The van der Waals surface area contributed by atoms with Gasteiger partial charge in [0.25, 0.3) is 0 Å². The molecule has 3 rings (SSSR count). The van der Waals surface area contributed by atoms with Crippen molar-refractivity contribution in [3.8, 4) is 0 Å². The van der Waals surface area contributed by atoms with Crippen LogP contribution in [0.1, 0.15) is 30.5 Å². The summed E-state index contributed by atoms with van der Waals surface area (Å²) in [7, 11) is 0. The maximum atomic E-state index is 5.98.